The van der Waals surface area contributed by atoms with Crippen LogP contribution in [0, 0.1) is 0 Å². The quantitative estimate of drug-likeness (QED) is 0.292. The molecule has 1 aliphatic rings. The zero-order valence-electron chi connectivity index (χ0n) is 8.45. The molecule has 0 aromatic heterocycles. The lowest BCUT2D eigenvalue weighted by molar-refractivity contribution is -0.0573. The van der Waals surface area contributed by atoms with Crippen molar-refractivity contribution in [2.24, 2.45) is 5.84 Å². The summed E-state index contributed by atoms with van der Waals surface area (Å²) in [5.74, 6) is 4.94. The van der Waals surface area contributed by atoms with Gasteiger partial charge in [0.05, 0.1) is 6.26 Å². The molecule has 1 aliphatic heterocycles. The Hall–Kier alpha value is -1.55. The SMILES string of the molecule is CC1OC(=O)OC1OC(=O)N(N)S(C)(=O)=O. The highest BCUT2D eigenvalue weighted by Crippen LogP contribution is 2.16. The predicted molar refractivity (Wildman–Crippen MR) is 48.2 cm³/mol. The van der Waals surface area contributed by atoms with Crippen molar-refractivity contribution >= 4 is 22.3 Å². The van der Waals surface area contributed by atoms with Gasteiger partial charge in [-0.15, -0.1) is 4.41 Å². The van der Waals surface area contributed by atoms with Crippen molar-refractivity contribution in [1.82, 2.24) is 4.41 Å². The van der Waals surface area contributed by atoms with Gasteiger partial charge in [0.2, 0.25) is 0 Å². The molecule has 1 heterocycles. The number of ether oxygens (including phenoxy) is 3. The second-order valence-corrected chi connectivity index (χ2v) is 4.86. The molecule has 0 spiro atoms. The standard InChI is InChI=1S/C6H10N2O7S/c1-3-4(15-6(10)13-3)14-5(9)8(7)16(2,11)12/h3-4H,7H2,1-2H3. The van der Waals surface area contributed by atoms with Crippen LogP contribution in [-0.2, 0) is 24.2 Å². The van der Waals surface area contributed by atoms with Crippen LogP contribution in [-0.4, -0.2) is 43.7 Å². The Morgan fingerprint density at radius 1 is 1.50 bits per heavy atom. The first-order chi connectivity index (χ1) is 7.21. The van der Waals surface area contributed by atoms with Crippen LogP contribution >= 0.6 is 0 Å². The molecule has 0 aromatic rings. The molecule has 0 radical (unpaired) electrons. The molecule has 92 valence electrons. The van der Waals surface area contributed by atoms with Crippen molar-refractivity contribution in [3.05, 3.63) is 0 Å². The van der Waals surface area contributed by atoms with Gasteiger partial charge in [0, 0.05) is 0 Å². The van der Waals surface area contributed by atoms with E-state index < -0.39 is 34.7 Å². The van der Waals surface area contributed by atoms with Crippen LogP contribution in [0.25, 0.3) is 0 Å². The Kier molecular flexibility index (Phi) is 3.24. The number of cyclic esters (lactones) is 2. The van der Waals surface area contributed by atoms with Gasteiger partial charge in [-0.05, 0) is 6.92 Å². The second-order valence-electron chi connectivity index (χ2n) is 3.00. The summed E-state index contributed by atoms with van der Waals surface area (Å²) in [6.07, 6.45) is -3.79. The van der Waals surface area contributed by atoms with E-state index in [9.17, 15) is 18.0 Å². The van der Waals surface area contributed by atoms with Crippen LogP contribution in [0.5, 0.6) is 0 Å². The highest BCUT2D eigenvalue weighted by atomic mass is 32.2. The number of hydrogen-bond acceptors (Lipinski definition) is 8. The van der Waals surface area contributed by atoms with Gasteiger partial charge in [0.1, 0.15) is 0 Å². The molecule has 0 bridgehead atoms. The molecular formula is C6H10N2O7S. The highest BCUT2D eigenvalue weighted by Gasteiger charge is 2.38. The van der Waals surface area contributed by atoms with Crippen LogP contribution in [0.2, 0.25) is 0 Å². The number of nitrogens with zero attached hydrogens (tertiary/aromatic N) is 1. The van der Waals surface area contributed by atoms with E-state index in [2.05, 4.69) is 14.2 Å². The molecular weight excluding hydrogens is 244 g/mol. The second kappa shape index (κ2) is 4.14. The molecule has 2 unspecified atom stereocenters. The minimum atomic E-state index is -3.92. The van der Waals surface area contributed by atoms with Crippen molar-refractivity contribution in [1.29, 1.82) is 0 Å². The third-order valence-corrected chi connectivity index (χ3v) is 2.50. The molecule has 1 saturated heterocycles. The minimum Gasteiger partial charge on any atom is -0.423 e. The maximum atomic E-state index is 11.2. The van der Waals surface area contributed by atoms with Gasteiger partial charge >= 0.3 is 12.2 Å². The van der Waals surface area contributed by atoms with E-state index in [-0.39, 0.29) is 4.41 Å². The van der Waals surface area contributed by atoms with Gasteiger partial charge in [0.25, 0.3) is 16.3 Å². The normalized spacial score (nSPS) is 24.6. The van der Waals surface area contributed by atoms with Crippen LogP contribution < -0.4 is 5.84 Å². The number of carbonyl (C=O) groups excluding carboxylic acids is 2. The number of amides is 1. The molecule has 0 saturated carbocycles. The van der Waals surface area contributed by atoms with E-state index in [0.717, 1.165) is 6.26 Å². The molecule has 16 heavy (non-hydrogen) atoms. The smallest absolute Gasteiger partial charge is 0.423 e. The van der Waals surface area contributed by atoms with Gasteiger partial charge in [-0.1, -0.05) is 0 Å². The molecule has 1 amide bonds. The molecule has 9 nitrogen and oxygen atoms in total. The van der Waals surface area contributed by atoms with E-state index in [4.69, 9.17) is 5.84 Å². The third-order valence-electron chi connectivity index (χ3n) is 1.63. The Morgan fingerprint density at radius 2 is 2.06 bits per heavy atom. The first-order valence-electron chi connectivity index (χ1n) is 4.04. The highest BCUT2D eigenvalue weighted by molar-refractivity contribution is 7.88. The number of sulfonamides is 1. The Bertz CT molecular complexity index is 405. The first-order valence-corrected chi connectivity index (χ1v) is 5.89. The van der Waals surface area contributed by atoms with E-state index in [1.54, 1.807) is 0 Å². The van der Waals surface area contributed by atoms with Crippen molar-refractivity contribution in [2.45, 2.75) is 19.3 Å². The monoisotopic (exact) mass is 254 g/mol. The summed E-state index contributed by atoms with van der Waals surface area (Å²) in [6, 6.07) is 0. The lowest BCUT2D eigenvalue weighted by Crippen LogP contribution is -2.44. The maximum absolute atomic E-state index is 11.2. The van der Waals surface area contributed by atoms with E-state index in [0.29, 0.717) is 0 Å². The van der Waals surface area contributed by atoms with Gasteiger partial charge in [-0.2, -0.15) is 0 Å². The number of carbonyl (C=O) groups is 2. The summed E-state index contributed by atoms with van der Waals surface area (Å²) in [4.78, 5) is 21.8. The van der Waals surface area contributed by atoms with Crippen molar-refractivity contribution in [2.75, 3.05) is 6.26 Å². The van der Waals surface area contributed by atoms with Crippen LogP contribution in [0.3, 0.4) is 0 Å². The van der Waals surface area contributed by atoms with Crippen LogP contribution in [0.15, 0.2) is 0 Å². The number of hydrazine groups is 1. The summed E-state index contributed by atoms with van der Waals surface area (Å²) in [6.45, 7) is 1.41. The first kappa shape index (κ1) is 12.5. The fourth-order valence-electron chi connectivity index (χ4n) is 0.832. The van der Waals surface area contributed by atoms with Crippen molar-refractivity contribution in [3.63, 3.8) is 0 Å². The lowest BCUT2D eigenvalue weighted by atomic mass is 10.4. The molecule has 2 atom stereocenters. The summed E-state index contributed by atoms with van der Waals surface area (Å²) in [5.41, 5.74) is 0. The number of rotatable bonds is 2. The van der Waals surface area contributed by atoms with E-state index in [1.165, 1.54) is 6.92 Å². The summed E-state index contributed by atoms with van der Waals surface area (Å²) in [5, 5.41) is 0. The third kappa shape index (κ3) is 2.73. The van der Waals surface area contributed by atoms with Gasteiger partial charge in [-0.25, -0.2) is 23.8 Å². The average Bonchev–Trinajstić information content (AvgIpc) is 2.42. The summed E-state index contributed by atoms with van der Waals surface area (Å²) >= 11 is 0. The van der Waals surface area contributed by atoms with E-state index >= 15 is 0 Å². The topological polar surface area (TPSA) is 125 Å². The fraction of sp³-hybridized carbons (Fsp3) is 0.667. The van der Waals surface area contributed by atoms with Crippen LogP contribution in [0.4, 0.5) is 9.59 Å². The van der Waals surface area contributed by atoms with Crippen LogP contribution in [0.1, 0.15) is 6.92 Å². The summed E-state index contributed by atoms with van der Waals surface area (Å²) in [7, 11) is -3.92. The van der Waals surface area contributed by atoms with Gasteiger partial charge < -0.3 is 14.2 Å². The molecule has 1 rings (SSSR count). The van der Waals surface area contributed by atoms with Gasteiger partial charge in [-0.3, -0.25) is 0 Å². The molecule has 0 aliphatic carbocycles. The zero-order chi connectivity index (χ0) is 12.5. The number of nitrogens with two attached hydrogens (primary N) is 1. The Morgan fingerprint density at radius 3 is 2.44 bits per heavy atom. The fourth-order valence-corrected chi connectivity index (χ4v) is 1.15. The zero-order valence-corrected chi connectivity index (χ0v) is 9.26. The molecule has 10 heteroatoms. The summed E-state index contributed by atoms with van der Waals surface area (Å²) < 4.78 is 35.0. The van der Waals surface area contributed by atoms with E-state index in [1.807, 2.05) is 0 Å². The van der Waals surface area contributed by atoms with Crippen molar-refractivity contribution in [3.8, 4) is 0 Å². The largest absolute Gasteiger partial charge is 0.512 e. The van der Waals surface area contributed by atoms with Crippen molar-refractivity contribution < 1.29 is 32.2 Å². The Balaban J connectivity index is 2.62. The molecule has 1 fully saturated rings. The van der Waals surface area contributed by atoms with Gasteiger partial charge in [0.15, 0.2) is 6.10 Å². The minimum absolute atomic E-state index is 0.105. The molecule has 2 N–H and O–H groups in total. The lowest BCUT2D eigenvalue weighted by Gasteiger charge is -2.17. The number of hydrogen-bond donors (Lipinski definition) is 1. The predicted octanol–water partition coefficient (Wildman–Crippen LogP) is -0.860. The maximum Gasteiger partial charge on any atom is 0.512 e. The molecule has 0 aromatic carbocycles. The average molecular weight is 254 g/mol. The Labute approximate surface area is 91.1 Å².